The quantitative estimate of drug-likeness (QED) is 0.557. The predicted molar refractivity (Wildman–Crippen MR) is 116 cm³/mol. The maximum absolute atomic E-state index is 12.5. The Labute approximate surface area is 181 Å². The third kappa shape index (κ3) is 5.31. The lowest BCUT2D eigenvalue weighted by Crippen LogP contribution is -2.30. The number of amides is 1. The van der Waals surface area contributed by atoms with E-state index in [-0.39, 0.29) is 5.91 Å². The maximum Gasteiger partial charge on any atom is 0.338 e. The number of esters is 1. The second kappa shape index (κ2) is 9.47. The standard InChI is InChI=1S/C24H26N2O5/c1-14-7-6-8-15(2)22(14)25-23(27)18(5)30-24(28)19-9-11-20(12-10-19)29-13-21-16(3)26-31-17(21)4/h6-12,18H,13H2,1-5H3,(H,25,27)/t18-/m0/s1. The molecular formula is C24H26N2O5. The number of hydrogen-bond acceptors (Lipinski definition) is 6. The normalized spacial score (nSPS) is 11.6. The molecule has 0 saturated heterocycles. The van der Waals surface area contributed by atoms with E-state index in [4.69, 9.17) is 14.0 Å². The van der Waals surface area contributed by atoms with Crippen molar-refractivity contribution in [3.63, 3.8) is 0 Å². The van der Waals surface area contributed by atoms with Gasteiger partial charge >= 0.3 is 5.97 Å². The Balaban J connectivity index is 1.56. The first-order valence-corrected chi connectivity index (χ1v) is 9.99. The molecule has 1 aromatic heterocycles. The molecule has 7 nitrogen and oxygen atoms in total. The summed E-state index contributed by atoms with van der Waals surface area (Å²) < 4.78 is 16.2. The minimum atomic E-state index is -0.943. The molecule has 1 atom stereocenters. The minimum absolute atomic E-state index is 0.320. The lowest BCUT2D eigenvalue weighted by atomic mass is 10.1. The van der Waals surface area contributed by atoms with Gasteiger partial charge in [0.1, 0.15) is 18.1 Å². The number of para-hydroxylation sites is 1. The zero-order valence-electron chi connectivity index (χ0n) is 18.3. The number of ether oxygens (including phenoxy) is 2. The van der Waals surface area contributed by atoms with Crippen molar-refractivity contribution in [3.8, 4) is 5.75 Å². The number of rotatable bonds is 7. The van der Waals surface area contributed by atoms with Gasteiger partial charge in [0.15, 0.2) is 6.10 Å². The number of nitrogens with one attached hydrogen (secondary N) is 1. The summed E-state index contributed by atoms with van der Waals surface area (Å²) in [6.07, 6.45) is -0.943. The Morgan fingerprint density at radius 2 is 1.68 bits per heavy atom. The zero-order valence-corrected chi connectivity index (χ0v) is 18.3. The number of anilines is 1. The van der Waals surface area contributed by atoms with Crippen molar-refractivity contribution >= 4 is 17.6 Å². The largest absolute Gasteiger partial charge is 0.489 e. The summed E-state index contributed by atoms with van der Waals surface area (Å²) in [4.78, 5) is 24.9. The highest BCUT2D eigenvalue weighted by molar-refractivity contribution is 5.98. The van der Waals surface area contributed by atoms with E-state index in [1.54, 1.807) is 31.2 Å². The van der Waals surface area contributed by atoms with Crippen LogP contribution in [0.5, 0.6) is 5.75 Å². The highest BCUT2D eigenvalue weighted by Crippen LogP contribution is 2.21. The lowest BCUT2D eigenvalue weighted by molar-refractivity contribution is -0.123. The third-order valence-electron chi connectivity index (χ3n) is 5.04. The van der Waals surface area contributed by atoms with Crippen LogP contribution in [-0.2, 0) is 16.1 Å². The Bertz CT molecular complexity index is 1050. The number of aromatic nitrogens is 1. The molecule has 0 aliphatic carbocycles. The first-order valence-electron chi connectivity index (χ1n) is 9.99. The first kappa shape index (κ1) is 22.1. The second-order valence-electron chi connectivity index (χ2n) is 7.42. The molecule has 0 aliphatic heterocycles. The van der Waals surface area contributed by atoms with E-state index in [2.05, 4.69) is 10.5 Å². The average molecular weight is 422 g/mol. The van der Waals surface area contributed by atoms with E-state index >= 15 is 0 Å². The van der Waals surface area contributed by atoms with Crippen LogP contribution in [0.4, 0.5) is 5.69 Å². The zero-order chi connectivity index (χ0) is 22.5. The Hall–Kier alpha value is -3.61. The van der Waals surface area contributed by atoms with E-state index in [1.807, 2.05) is 45.9 Å². The molecule has 0 bridgehead atoms. The average Bonchev–Trinajstić information content (AvgIpc) is 3.06. The van der Waals surface area contributed by atoms with Gasteiger partial charge in [-0.25, -0.2) is 4.79 Å². The minimum Gasteiger partial charge on any atom is -0.489 e. The fourth-order valence-corrected chi connectivity index (χ4v) is 3.07. The van der Waals surface area contributed by atoms with Gasteiger partial charge in [0, 0.05) is 5.69 Å². The van der Waals surface area contributed by atoms with E-state index in [9.17, 15) is 9.59 Å². The lowest BCUT2D eigenvalue weighted by Gasteiger charge is -2.16. The number of benzene rings is 2. The van der Waals surface area contributed by atoms with Crippen LogP contribution in [0.15, 0.2) is 47.0 Å². The van der Waals surface area contributed by atoms with Crippen molar-refractivity contribution in [2.75, 3.05) is 5.32 Å². The number of aryl methyl sites for hydroxylation is 4. The maximum atomic E-state index is 12.5. The molecule has 1 N–H and O–H groups in total. The van der Waals surface area contributed by atoms with Gasteiger partial charge in [0.2, 0.25) is 0 Å². The molecule has 3 aromatic rings. The Kier molecular flexibility index (Phi) is 6.74. The van der Waals surface area contributed by atoms with Gasteiger partial charge in [0.05, 0.1) is 16.8 Å². The van der Waals surface area contributed by atoms with Crippen molar-refractivity contribution in [2.24, 2.45) is 0 Å². The van der Waals surface area contributed by atoms with E-state index in [0.717, 1.165) is 28.1 Å². The van der Waals surface area contributed by atoms with Crippen molar-refractivity contribution in [3.05, 3.63) is 76.2 Å². The van der Waals surface area contributed by atoms with Crippen molar-refractivity contribution < 1.29 is 23.6 Å². The summed E-state index contributed by atoms with van der Waals surface area (Å²) in [5.41, 5.74) is 4.63. The van der Waals surface area contributed by atoms with Gasteiger partial charge < -0.3 is 19.3 Å². The molecule has 0 saturated carbocycles. The first-order chi connectivity index (χ1) is 14.8. The van der Waals surface area contributed by atoms with Crippen LogP contribution in [0.1, 0.15) is 45.4 Å². The fourth-order valence-electron chi connectivity index (χ4n) is 3.07. The summed E-state index contributed by atoms with van der Waals surface area (Å²) in [5.74, 6) is 0.342. The molecule has 0 spiro atoms. The summed E-state index contributed by atoms with van der Waals surface area (Å²) in [6, 6.07) is 12.3. The molecule has 1 heterocycles. The van der Waals surface area contributed by atoms with E-state index in [0.29, 0.717) is 23.7 Å². The highest BCUT2D eigenvalue weighted by atomic mass is 16.5. The summed E-state index contributed by atoms with van der Waals surface area (Å²) in [7, 11) is 0. The summed E-state index contributed by atoms with van der Waals surface area (Å²) in [6.45, 7) is 9.37. The van der Waals surface area contributed by atoms with Crippen molar-refractivity contribution in [1.82, 2.24) is 5.16 Å². The Morgan fingerprint density at radius 1 is 1.03 bits per heavy atom. The second-order valence-corrected chi connectivity index (χ2v) is 7.42. The predicted octanol–water partition coefficient (Wildman–Crippen LogP) is 4.67. The molecule has 7 heteroatoms. The number of nitrogens with zero attached hydrogens (tertiary/aromatic N) is 1. The topological polar surface area (TPSA) is 90.7 Å². The van der Waals surface area contributed by atoms with Gasteiger partial charge in [0.25, 0.3) is 5.91 Å². The third-order valence-corrected chi connectivity index (χ3v) is 5.04. The van der Waals surface area contributed by atoms with Crippen LogP contribution < -0.4 is 10.1 Å². The molecule has 3 rings (SSSR count). The van der Waals surface area contributed by atoms with Gasteiger partial charge in [-0.1, -0.05) is 23.4 Å². The number of carbonyl (C=O) groups excluding carboxylic acids is 2. The van der Waals surface area contributed by atoms with Crippen LogP contribution in [0.25, 0.3) is 0 Å². The van der Waals surface area contributed by atoms with Gasteiger partial charge in [-0.3, -0.25) is 4.79 Å². The van der Waals surface area contributed by atoms with Crippen LogP contribution in [0.2, 0.25) is 0 Å². The van der Waals surface area contributed by atoms with E-state index in [1.165, 1.54) is 0 Å². The molecule has 162 valence electrons. The van der Waals surface area contributed by atoms with Crippen LogP contribution in [0, 0.1) is 27.7 Å². The van der Waals surface area contributed by atoms with Crippen LogP contribution in [-0.4, -0.2) is 23.1 Å². The number of hydrogen-bond donors (Lipinski definition) is 1. The van der Waals surface area contributed by atoms with Gasteiger partial charge in [-0.15, -0.1) is 0 Å². The van der Waals surface area contributed by atoms with Gasteiger partial charge in [-0.05, 0) is 70.0 Å². The molecule has 0 unspecified atom stereocenters. The molecular weight excluding hydrogens is 396 g/mol. The molecule has 0 radical (unpaired) electrons. The smallest absolute Gasteiger partial charge is 0.338 e. The van der Waals surface area contributed by atoms with Crippen LogP contribution >= 0.6 is 0 Å². The fraction of sp³-hybridized carbons (Fsp3) is 0.292. The molecule has 2 aromatic carbocycles. The van der Waals surface area contributed by atoms with Crippen LogP contribution in [0.3, 0.4) is 0 Å². The Morgan fingerprint density at radius 3 is 2.26 bits per heavy atom. The van der Waals surface area contributed by atoms with Crippen molar-refractivity contribution in [1.29, 1.82) is 0 Å². The highest BCUT2D eigenvalue weighted by Gasteiger charge is 2.20. The molecule has 0 fully saturated rings. The van der Waals surface area contributed by atoms with Crippen molar-refractivity contribution in [2.45, 2.75) is 47.3 Å². The summed E-state index contributed by atoms with van der Waals surface area (Å²) in [5, 5.41) is 6.73. The molecule has 1 amide bonds. The SMILES string of the molecule is Cc1cccc(C)c1NC(=O)[C@H](C)OC(=O)c1ccc(OCc2c(C)noc2C)cc1. The monoisotopic (exact) mass is 422 g/mol. The number of carbonyl (C=O) groups is 2. The molecule has 31 heavy (non-hydrogen) atoms. The molecule has 0 aliphatic rings. The van der Waals surface area contributed by atoms with Gasteiger partial charge in [-0.2, -0.15) is 0 Å². The van der Waals surface area contributed by atoms with E-state index < -0.39 is 12.1 Å². The summed E-state index contributed by atoms with van der Waals surface area (Å²) >= 11 is 0.